The van der Waals surface area contributed by atoms with Crippen molar-refractivity contribution in [2.75, 3.05) is 13.2 Å². The number of carbonyl (C=O) groups excluding carboxylic acids is 1. The topological polar surface area (TPSA) is 106 Å². The van der Waals surface area contributed by atoms with Crippen molar-refractivity contribution in [3.8, 4) is 16.9 Å². The zero-order valence-corrected chi connectivity index (χ0v) is 22.5. The normalized spacial score (nSPS) is 18.9. The standard InChI is InChI=1S/C32H36N2O6/c35-31(34-27-12-8-22(19-27)9-15-30-38-16-17-39-30)29-7-2-1-5-26(29)21-40-28-13-10-24(11-14-28)25-6-3-4-23(18-25)20-33-32(36)37/h1-7,10-11,13-14,18,22,27,30,33H,8-9,12,15-17,19-21H2,(H,34,35)(H,36,37)/t22?,27-/m0/s1. The highest BCUT2D eigenvalue weighted by Crippen LogP contribution is 2.31. The number of ether oxygens (including phenoxy) is 3. The predicted octanol–water partition coefficient (Wildman–Crippen LogP) is 5.75. The molecule has 1 aliphatic carbocycles. The maximum atomic E-state index is 13.2. The number of carbonyl (C=O) groups is 2. The third-order valence-corrected chi connectivity index (χ3v) is 7.59. The Labute approximate surface area is 234 Å². The van der Waals surface area contributed by atoms with E-state index in [2.05, 4.69) is 10.6 Å². The third kappa shape index (κ3) is 7.61. The van der Waals surface area contributed by atoms with Crippen LogP contribution in [0.1, 0.15) is 53.6 Å². The summed E-state index contributed by atoms with van der Waals surface area (Å²) in [6.45, 7) is 1.91. The highest BCUT2D eigenvalue weighted by atomic mass is 16.7. The lowest BCUT2D eigenvalue weighted by Crippen LogP contribution is -2.33. The monoisotopic (exact) mass is 544 g/mol. The molecule has 3 aromatic carbocycles. The number of amides is 2. The van der Waals surface area contributed by atoms with E-state index in [4.69, 9.17) is 19.3 Å². The van der Waals surface area contributed by atoms with E-state index in [9.17, 15) is 9.59 Å². The maximum absolute atomic E-state index is 13.2. The molecule has 3 N–H and O–H groups in total. The van der Waals surface area contributed by atoms with Crippen LogP contribution in [0.3, 0.4) is 0 Å². The minimum atomic E-state index is -1.05. The van der Waals surface area contributed by atoms with Gasteiger partial charge < -0.3 is 30.0 Å². The number of hydrogen-bond acceptors (Lipinski definition) is 5. The van der Waals surface area contributed by atoms with Gasteiger partial charge in [0.15, 0.2) is 6.29 Å². The van der Waals surface area contributed by atoms with Gasteiger partial charge in [0, 0.05) is 23.7 Å². The van der Waals surface area contributed by atoms with Gasteiger partial charge in [0.25, 0.3) is 5.91 Å². The predicted molar refractivity (Wildman–Crippen MR) is 151 cm³/mol. The summed E-state index contributed by atoms with van der Waals surface area (Å²) >= 11 is 0. The lowest BCUT2D eigenvalue weighted by molar-refractivity contribution is -0.0500. The molecule has 0 bridgehead atoms. The van der Waals surface area contributed by atoms with Crippen molar-refractivity contribution in [3.63, 3.8) is 0 Å². The van der Waals surface area contributed by atoms with Gasteiger partial charge in [-0.05, 0) is 79.0 Å². The van der Waals surface area contributed by atoms with Gasteiger partial charge in [0.05, 0.1) is 13.2 Å². The zero-order chi connectivity index (χ0) is 27.7. The van der Waals surface area contributed by atoms with Gasteiger partial charge >= 0.3 is 6.09 Å². The number of hydrogen-bond donors (Lipinski definition) is 3. The molecule has 0 spiro atoms. The Morgan fingerprint density at radius 1 is 0.900 bits per heavy atom. The summed E-state index contributed by atoms with van der Waals surface area (Å²) in [5, 5.41) is 14.5. The highest BCUT2D eigenvalue weighted by Gasteiger charge is 2.28. The summed E-state index contributed by atoms with van der Waals surface area (Å²) in [7, 11) is 0. The summed E-state index contributed by atoms with van der Waals surface area (Å²) in [4.78, 5) is 24.0. The van der Waals surface area contributed by atoms with E-state index in [1.807, 2.05) is 72.8 Å². The molecule has 1 saturated heterocycles. The van der Waals surface area contributed by atoms with Crippen molar-refractivity contribution in [2.45, 2.75) is 57.6 Å². The van der Waals surface area contributed by atoms with E-state index < -0.39 is 6.09 Å². The van der Waals surface area contributed by atoms with Gasteiger partial charge in [0.2, 0.25) is 0 Å². The summed E-state index contributed by atoms with van der Waals surface area (Å²) in [5.41, 5.74) is 4.36. The lowest BCUT2D eigenvalue weighted by atomic mass is 10.0. The smallest absolute Gasteiger partial charge is 0.404 e. The number of carboxylic acid groups (broad SMARTS) is 1. The molecule has 1 heterocycles. The Morgan fingerprint density at radius 2 is 1.70 bits per heavy atom. The molecule has 2 aliphatic rings. The first-order valence-corrected chi connectivity index (χ1v) is 13.9. The average Bonchev–Trinajstić information content (AvgIpc) is 3.67. The fourth-order valence-electron chi connectivity index (χ4n) is 5.49. The first kappa shape index (κ1) is 27.7. The Bertz CT molecular complexity index is 1290. The highest BCUT2D eigenvalue weighted by molar-refractivity contribution is 5.95. The lowest BCUT2D eigenvalue weighted by Gasteiger charge is -2.16. The van der Waals surface area contributed by atoms with E-state index >= 15 is 0 Å². The molecular formula is C32H36N2O6. The third-order valence-electron chi connectivity index (χ3n) is 7.59. The van der Waals surface area contributed by atoms with Crippen LogP contribution in [0.15, 0.2) is 72.8 Å². The Hall–Kier alpha value is -3.88. The van der Waals surface area contributed by atoms with Crippen molar-refractivity contribution in [1.82, 2.24) is 10.6 Å². The summed E-state index contributed by atoms with van der Waals surface area (Å²) in [6.07, 6.45) is 3.97. The van der Waals surface area contributed by atoms with E-state index in [1.165, 1.54) is 0 Å². The summed E-state index contributed by atoms with van der Waals surface area (Å²) < 4.78 is 17.2. The Morgan fingerprint density at radius 3 is 2.50 bits per heavy atom. The molecule has 210 valence electrons. The first-order valence-electron chi connectivity index (χ1n) is 13.9. The van der Waals surface area contributed by atoms with Crippen molar-refractivity contribution >= 4 is 12.0 Å². The molecule has 1 saturated carbocycles. The van der Waals surface area contributed by atoms with Crippen LogP contribution in [0.2, 0.25) is 0 Å². The van der Waals surface area contributed by atoms with Crippen molar-refractivity contribution in [2.24, 2.45) is 5.92 Å². The average molecular weight is 545 g/mol. The first-order chi connectivity index (χ1) is 19.5. The molecule has 3 aromatic rings. The fourth-order valence-corrected chi connectivity index (χ4v) is 5.49. The van der Waals surface area contributed by atoms with Gasteiger partial charge in [-0.25, -0.2) is 4.79 Å². The van der Waals surface area contributed by atoms with E-state index in [1.54, 1.807) is 0 Å². The second-order valence-electron chi connectivity index (χ2n) is 10.4. The van der Waals surface area contributed by atoms with E-state index in [0.29, 0.717) is 30.4 Å². The molecule has 8 heteroatoms. The molecule has 8 nitrogen and oxygen atoms in total. The van der Waals surface area contributed by atoms with Crippen molar-refractivity contribution in [1.29, 1.82) is 0 Å². The van der Waals surface area contributed by atoms with Crippen LogP contribution >= 0.6 is 0 Å². The molecule has 1 aliphatic heterocycles. The van der Waals surface area contributed by atoms with Crippen LogP contribution in [-0.4, -0.2) is 42.7 Å². The van der Waals surface area contributed by atoms with Gasteiger partial charge in [-0.2, -0.15) is 0 Å². The molecule has 2 amide bonds. The van der Waals surface area contributed by atoms with Crippen LogP contribution in [0.4, 0.5) is 4.79 Å². The van der Waals surface area contributed by atoms with E-state index in [-0.39, 0.29) is 31.4 Å². The van der Waals surface area contributed by atoms with Crippen LogP contribution in [0.25, 0.3) is 11.1 Å². The summed E-state index contributed by atoms with van der Waals surface area (Å²) in [6, 6.07) is 23.3. The van der Waals surface area contributed by atoms with Crippen LogP contribution < -0.4 is 15.4 Å². The van der Waals surface area contributed by atoms with E-state index in [0.717, 1.165) is 54.4 Å². The molecule has 5 rings (SSSR count). The number of rotatable bonds is 11. The zero-order valence-electron chi connectivity index (χ0n) is 22.5. The van der Waals surface area contributed by atoms with Crippen LogP contribution in [-0.2, 0) is 22.6 Å². The van der Waals surface area contributed by atoms with Crippen LogP contribution in [0.5, 0.6) is 5.75 Å². The fraction of sp³-hybridized carbons (Fsp3) is 0.375. The Kier molecular flexibility index (Phi) is 9.31. The van der Waals surface area contributed by atoms with Crippen molar-refractivity contribution in [3.05, 3.63) is 89.5 Å². The molecular weight excluding hydrogens is 508 g/mol. The molecule has 1 unspecified atom stereocenters. The van der Waals surface area contributed by atoms with Gasteiger partial charge in [0.1, 0.15) is 12.4 Å². The minimum absolute atomic E-state index is 0.0556. The largest absolute Gasteiger partial charge is 0.489 e. The molecule has 40 heavy (non-hydrogen) atoms. The maximum Gasteiger partial charge on any atom is 0.404 e. The number of nitrogens with one attached hydrogen (secondary N) is 2. The molecule has 0 radical (unpaired) electrons. The Balaban J connectivity index is 1.13. The quantitative estimate of drug-likeness (QED) is 0.284. The minimum Gasteiger partial charge on any atom is -0.489 e. The van der Waals surface area contributed by atoms with Gasteiger partial charge in [-0.15, -0.1) is 0 Å². The second-order valence-corrected chi connectivity index (χ2v) is 10.4. The van der Waals surface area contributed by atoms with Gasteiger partial charge in [-0.1, -0.05) is 48.5 Å². The number of benzene rings is 3. The van der Waals surface area contributed by atoms with Crippen molar-refractivity contribution < 1.29 is 28.9 Å². The molecule has 2 atom stereocenters. The molecule has 0 aromatic heterocycles. The molecule has 2 fully saturated rings. The van der Waals surface area contributed by atoms with Gasteiger partial charge in [-0.3, -0.25) is 4.79 Å². The second kappa shape index (κ2) is 13.5. The van der Waals surface area contributed by atoms with Crippen LogP contribution in [0, 0.1) is 5.92 Å². The SMILES string of the molecule is O=C(O)NCc1cccc(-c2ccc(OCc3ccccc3C(=O)N[C@H]3CCC(CCC4OCCO4)C3)cc2)c1. The summed E-state index contributed by atoms with van der Waals surface area (Å²) in [5.74, 6) is 1.24.